The van der Waals surface area contributed by atoms with Gasteiger partial charge in [-0.05, 0) is 36.4 Å². The second-order valence-electron chi connectivity index (χ2n) is 4.30. The molecule has 102 valence electrons. The molecular formula is C15H8N2O4. The quantitative estimate of drug-likeness (QED) is 0.673. The van der Waals surface area contributed by atoms with Crippen LogP contribution in [0.15, 0.2) is 62.9 Å². The maximum absolute atomic E-state index is 11.9. The van der Waals surface area contributed by atoms with Crippen molar-refractivity contribution in [2.75, 3.05) is 0 Å². The second-order valence-corrected chi connectivity index (χ2v) is 4.30. The minimum atomic E-state index is -0.852. The number of rotatable bonds is 2. The van der Waals surface area contributed by atoms with E-state index in [0.717, 1.165) is 0 Å². The zero-order chi connectivity index (χ0) is 14.8. The minimum absolute atomic E-state index is 0.150. The zero-order valence-corrected chi connectivity index (χ0v) is 10.6. The highest BCUT2D eigenvalue weighted by Crippen LogP contribution is 2.19. The van der Waals surface area contributed by atoms with E-state index in [9.17, 15) is 14.5 Å². The predicted molar refractivity (Wildman–Crippen MR) is 75.8 cm³/mol. The normalized spacial score (nSPS) is 10.5. The van der Waals surface area contributed by atoms with Crippen LogP contribution in [0.3, 0.4) is 0 Å². The van der Waals surface area contributed by atoms with Crippen LogP contribution in [-0.4, -0.2) is 10.9 Å². The summed E-state index contributed by atoms with van der Waals surface area (Å²) in [7, 11) is 0. The number of amides is 1. The van der Waals surface area contributed by atoms with E-state index in [4.69, 9.17) is 4.42 Å². The molecule has 0 saturated heterocycles. The van der Waals surface area contributed by atoms with Gasteiger partial charge in [-0.15, -0.1) is 4.91 Å². The number of hydrogen-bond acceptors (Lipinski definition) is 5. The van der Waals surface area contributed by atoms with Crippen LogP contribution in [-0.2, 0) is 0 Å². The first-order chi connectivity index (χ1) is 10.2. The van der Waals surface area contributed by atoms with E-state index >= 15 is 0 Å². The van der Waals surface area contributed by atoms with Crippen molar-refractivity contribution in [1.82, 2.24) is 4.98 Å². The number of carbonyl (C=O) groups excluding carboxylic acids is 1. The summed E-state index contributed by atoms with van der Waals surface area (Å²) in [6.45, 7) is 0. The molecule has 1 aromatic heterocycles. The topological polar surface area (TPSA) is 89.6 Å². The van der Waals surface area contributed by atoms with Crippen LogP contribution in [0.5, 0.6) is 0 Å². The Balaban J connectivity index is 2.10. The first-order valence-electron chi connectivity index (χ1n) is 6.07. The fourth-order valence-corrected chi connectivity index (χ4v) is 1.95. The standard InChI is InChI=1S/C15H8N2O4/c18-13(17-20)9-5-7-10(8-6-9)14-16-12-4-2-1-3-11(12)15(19)21-14/h1-8H. The third kappa shape index (κ3) is 2.34. The van der Waals surface area contributed by atoms with Crippen molar-refractivity contribution in [3.63, 3.8) is 0 Å². The Morgan fingerprint density at radius 3 is 2.48 bits per heavy atom. The SMILES string of the molecule is O=NC(=O)c1ccc(-c2nc3ccccc3c(=O)o2)cc1. The zero-order valence-electron chi connectivity index (χ0n) is 10.6. The maximum Gasteiger partial charge on any atom is 0.347 e. The highest BCUT2D eigenvalue weighted by molar-refractivity contribution is 5.95. The molecule has 3 aromatic rings. The molecule has 0 aliphatic heterocycles. The Morgan fingerprint density at radius 2 is 1.76 bits per heavy atom. The molecule has 1 heterocycles. The minimum Gasteiger partial charge on any atom is -0.403 e. The Labute approximate surface area is 118 Å². The van der Waals surface area contributed by atoms with Crippen molar-refractivity contribution in [3.8, 4) is 11.5 Å². The van der Waals surface area contributed by atoms with Gasteiger partial charge in [0.25, 0.3) is 0 Å². The molecule has 0 N–H and O–H groups in total. The molecule has 6 nitrogen and oxygen atoms in total. The van der Waals surface area contributed by atoms with Crippen LogP contribution in [0.4, 0.5) is 0 Å². The summed E-state index contributed by atoms with van der Waals surface area (Å²) >= 11 is 0. The van der Waals surface area contributed by atoms with E-state index in [1.54, 1.807) is 36.4 Å². The summed E-state index contributed by atoms with van der Waals surface area (Å²) in [5.74, 6) is -0.703. The molecule has 3 rings (SSSR count). The van der Waals surface area contributed by atoms with E-state index in [1.807, 2.05) is 0 Å². The highest BCUT2D eigenvalue weighted by Gasteiger charge is 2.10. The summed E-state index contributed by atoms with van der Waals surface area (Å²) in [5.41, 5.74) is 0.737. The lowest BCUT2D eigenvalue weighted by atomic mass is 10.1. The van der Waals surface area contributed by atoms with Gasteiger partial charge in [0.1, 0.15) is 0 Å². The summed E-state index contributed by atoms with van der Waals surface area (Å²) in [6.07, 6.45) is 0. The molecule has 2 aromatic carbocycles. The number of carbonyl (C=O) groups is 1. The number of benzene rings is 2. The molecule has 0 aliphatic rings. The number of hydrogen-bond donors (Lipinski definition) is 0. The molecule has 0 fully saturated rings. The number of nitroso groups, excluding NO2 is 1. The molecule has 0 atom stereocenters. The molecule has 0 radical (unpaired) electrons. The number of fused-ring (bicyclic) bond motifs is 1. The predicted octanol–water partition coefficient (Wildman–Crippen LogP) is 2.76. The molecule has 6 heteroatoms. The van der Waals surface area contributed by atoms with Crippen LogP contribution >= 0.6 is 0 Å². The molecule has 0 aliphatic carbocycles. The van der Waals surface area contributed by atoms with Crippen LogP contribution in [0.2, 0.25) is 0 Å². The fraction of sp³-hybridized carbons (Fsp3) is 0. The first-order valence-corrected chi connectivity index (χ1v) is 6.07. The van der Waals surface area contributed by atoms with Crippen molar-refractivity contribution in [2.24, 2.45) is 5.18 Å². The van der Waals surface area contributed by atoms with Gasteiger partial charge in [0.2, 0.25) is 5.89 Å². The lowest BCUT2D eigenvalue weighted by Crippen LogP contribution is -2.02. The molecule has 0 saturated carbocycles. The molecule has 0 spiro atoms. The van der Waals surface area contributed by atoms with E-state index in [0.29, 0.717) is 16.5 Å². The van der Waals surface area contributed by atoms with Crippen LogP contribution in [0.25, 0.3) is 22.4 Å². The van der Waals surface area contributed by atoms with Gasteiger partial charge in [0.15, 0.2) is 0 Å². The summed E-state index contributed by atoms with van der Waals surface area (Å²) < 4.78 is 5.17. The monoisotopic (exact) mass is 280 g/mol. The average molecular weight is 280 g/mol. The summed E-state index contributed by atoms with van der Waals surface area (Å²) in [4.78, 5) is 37.4. The van der Waals surface area contributed by atoms with Gasteiger partial charge < -0.3 is 4.42 Å². The molecule has 0 unspecified atom stereocenters. The Bertz CT molecular complexity index is 897. The van der Waals surface area contributed by atoms with Gasteiger partial charge in [-0.2, -0.15) is 0 Å². The van der Waals surface area contributed by atoms with E-state index < -0.39 is 11.5 Å². The van der Waals surface area contributed by atoms with Crippen molar-refractivity contribution in [1.29, 1.82) is 0 Å². The van der Waals surface area contributed by atoms with Gasteiger partial charge in [-0.1, -0.05) is 12.1 Å². The van der Waals surface area contributed by atoms with Gasteiger partial charge >= 0.3 is 11.5 Å². The molecular weight excluding hydrogens is 272 g/mol. The van der Waals surface area contributed by atoms with Gasteiger partial charge in [-0.25, -0.2) is 9.78 Å². The highest BCUT2D eigenvalue weighted by atomic mass is 16.4. The smallest absolute Gasteiger partial charge is 0.347 e. The Kier molecular flexibility index (Phi) is 3.12. The van der Waals surface area contributed by atoms with Gasteiger partial charge in [0, 0.05) is 16.3 Å². The third-order valence-corrected chi connectivity index (χ3v) is 3.00. The van der Waals surface area contributed by atoms with Crippen molar-refractivity contribution >= 4 is 16.8 Å². The van der Waals surface area contributed by atoms with E-state index in [-0.39, 0.29) is 11.5 Å². The largest absolute Gasteiger partial charge is 0.403 e. The number of aromatic nitrogens is 1. The van der Waals surface area contributed by atoms with E-state index in [1.165, 1.54) is 12.1 Å². The van der Waals surface area contributed by atoms with Crippen molar-refractivity contribution in [3.05, 3.63) is 69.4 Å². The summed E-state index contributed by atoms with van der Waals surface area (Å²) in [5, 5.41) is 2.74. The molecule has 1 amide bonds. The summed E-state index contributed by atoms with van der Waals surface area (Å²) in [6, 6.07) is 12.8. The van der Waals surface area contributed by atoms with Crippen LogP contribution in [0, 0.1) is 4.91 Å². The van der Waals surface area contributed by atoms with Crippen molar-refractivity contribution in [2.45, 2.75) is 0 Å². The Morgan fingerprint density at radius 1 is 1.05 bits per heavy atom. The fourth-order valence-electron chi connectivity index (χ4n) is 1.95. The third-order valence-electron chi connectivity index (χ3n) is 3.00. The molecule has 21 heavy (non-hydrogen) atoms. The lowest BCUT2D eigenvalue weighted by Gasteiger charge is -2.02. The maximum atomic E-state index is 11.9. The van der Waals surface area contributed by atoms with Crippen molar-refractivity contribution < 1.29 is 9.21 Å². The number of para-hydroxylation sites is 1. The number of nitrogens with zero attached hydrogens (tertiary/aromatic N) is 2. The lowest BCUT2D eigenvalue weighted by molar-refractivity contribution is 0.100. The average Bonchev–Trinajstić information content (AvgIpc) is 2.54. The second kappa shape index (κ2) is 5.09. The molecule has 0 bridgehead atoms. The van der Waals surface area contributed by atoms with Crippen LogP contribution in [0.1, 0.15) is 10.4 Å². The first kappa shape index (κ1) is 12.9. The van der Waals surface area contributed by atoms with Crippen LogP contribution < -0.4 is 5.63 Å². The van der Waals surface area contributed by atoms with Gasteiger partial charge in [0.05, 0.1) is 10.9 Å². The van der Waals surface area contributed by atoms with Gasteiger partial charge in [-0.3, -0.25) is 4.79 Å². The van der Waals surface area contributed by atoms with E-state index in [2.05, 4.69) is 10.2 Å². The Hall–Kier alpha value is -3.15.